The molecule has 2 rings (SSSR count). The van der Waals surface area contributed by atoms with Crippen LogP contribution in [-0.4, -0.2) is 19.1 Å². The lowest BCUT2D eigenvalue weighted by Crippen LogP contribution is -2.25. The van der Waals surface area contributed by atoms with E-state index in [4.69, 9.17) is 10.5 Å². The Bertz CT molecular complexity index is 591. The summed E-state index contributed by atoms with van der Waals surface area (Å²) < 4.78 is 5.61. The van der Waals surface area contributed by atoms with Crippen molar-refractivity contribution in [1.82, 2.24) is 5.32 Å². The molecule has 0 aliphatic carbocycles. The van der Waals surface area contributed by atoms with Crippen LogP contribution in [0, 0.1) is 6.92 Å². The van der Waals surface area contributed by atoms with Crippen LogP contribution in [0.1, 0.15) is 27.9 Å². The average Bonchev–Trinajstić information content (AvgIpc) is 2.56. The SMILES string of the molecule is Cc1ccc(OCCCNC(=O)c2ccc(CN)cc2)cc1. The lowest BCUT2D eigenvalue weighted by Gasteiger charge is -2.08. The van der Waals surface area contributed by atoms with E-state index >= 15 is 0 Å². The summed E-state index contributed by atoms with van der Waals surface area (Å²) in [7, 11) is 0. The molecule has 4 nitrogen and oxygen atoms in total. The Hall–Kier alpha value is -2.33. The quantitative estimate of drug-likeness (QED) is 0.772. The fraction of sp³-hybridized carbons (Fsp3) is 0.278. The van der Waals surface area contributed by atoms with Crippen molar-refractivity contribution in [2.24, 2.45) is 5.73 Å². The van der Waals surface area contributed by atoms with Gasteiger partial charge >= 0.3 is 0 Å². The van der Waals surface area contributed by atoms with Gasteiger partial charge in [-0.25, -0.2) is 0 Å². The third kappa shape index (κ3) is 4.90. The zero-order valence-electron chi connectivity index (χ0n) is 12.8. The minimum atomic E-state index is -0.0705. The number of carbonyl (C=O) groups excluding carboxylic acids is 1. The van der Waals surface area contributed by atoms with E-state index < -0.39 is 0 Å². The lowest BCUT2D eigenvalue weighted by atomic mass is 10.1. The first-order valence-electron chi connectivity index (χ1n) is 7.46. The Morgan fingerprint density at radius 3 is 2.41 bits per heavy atom. The van der Waals surface area contributed by atoms with E-state index in [1.165, 1.54) is 5.56 Å². The number of carbonyl (C=O) groups is 1. The predicted molar refractivity (Wildman–Crippen MR) is 88.0 cm³/mol. The maximum Gasteiger partial charge on any atom is 0.251 e. The normalized spacial score (nSPS) is 10.3. The highest BCUT2D eigenvalue weighted by atomic mass is 16.5. The molecule has 1 amide bonds. The summed E-state index contributed by atoms with van der Waals surface area (Å²) in [4.78, 5) is 11.9. The number of nitrogens with two attached hydrogens (primary N) is 1. The van der Waals surface area contributed by atoms with Gasteiger partial charge in [0.2, 0.25) is 0 Å². The summed E-state index contributed by atoms with van der Waals surface area (Å²) >= 11 is 0. The second-order valence-corrected chi connectivity index (χ2v) is 5.17. The second-order valence-electron chi connectivity index (χ2n) is 5.17. The van der Waals surface area contributed by atoms with Crippen LogP contribution in [0.25, 0.3) is 0 Å². The van der Waals surface area contributed by atoms with Gasteiger partial charge in [0, 0.05) is 18.7 Å². The van der Waals surface area contributed by atoms with Crippen LogP contribution in [0.15, 0.2) is 48.5 Å². The Labute approximate surface area is 131 Å². The van der Waals surface area contributed by atoms with Gasteiger partial charge < -0.3 is 15.8 Å². The molecule has 0 aromatic heterocycles. The molecule has 0 bridgehead atoms. The number of amides is 1. The lowest BCUT2D eigenvalue weighted by molar-refractivity contribution is 0.0951. The highest BCUT2D eigenvalue weighted by Gasteiger charge is 2.04. The van der Waals surface area contributed by atoms with E-state index in [0.29, 0.717) is 25.3 Å². The first-order valence-corrected chi connectivity index (χ1v) is 7.46. The summed E-state index contributed by atoms with van der Waals surface area (Å²) in [5.41, 5.74) is 8.41. The van der Waals surface area contributed by atoms with Crippen LogP contribution in [0.3, 0.4) is 0 Å². The van der Waals surface area contributed by atoms with E-state index in [2.05, 4.69) is 5.32 Å². The van der Waals surface area contributed by atoms with Crippen molar-refractivity contribution in [3.63, 3.8) is 0 Å². The summed E-state index contributed by atoms with van der Waals surface area (Å²) in [5, 5.41) is 2.88. The molecule has 0 unspecified atom stereocenters. The third-order valence-corrected chi connectivity index (χ3v) is 3.35. The highest BCUT2D eigenvalue weighted by Crippen LogP contribution is 2.11. The zero-order valence-corrected chi connectivity index (χ0v) is 12.8. The number of nitrogens with one attached hydrogen (secondary N) is 1. The van der Waals surface area contributed by atoms with Crippen LogP contribution in [0.2, 0.25) is 0 Å². The highest BCUT2D eigenvalue weighted by molar-refractivity contribution is 5.94. The predicted octanol–water partition coefficient (Wildman–Crippen LogP) is 2.65. The van der Waals surface area contributed by atoms with Crippen molar-refractivity contribution in [2.45, 2.75) is 19.9 Å². The fourth-order valence-electron chi connectivity index (χ4n) is 1.99. The van der Waals surface area contributed by atoms with Gasteiger partial charge in [-0.05, 0) is 43.2 Å². The fourth-order valence-corrected chi connectivity index (χ4v) is 1.99. The number of hydrogen-bond donors (Lipinski definition) is 2. The van der Waals surface area contributed by atoms with Crippen molar-refractivity contribution in [3.8, 4) is 5.75 Å². The Morgan fingerprint density at radius 2 is 1.77 bits per heavy atom. The molecule has 0 saturated carbocycles. The standard InChI is InChI=1S/C18H22N2O2/c1-14-3-9-17(10-4-14)22-12-2-11-20-18(21)16-7-5-15(13-19)6-8-16/h3-10H,2,11-13,19H2,1H3,(H,20,21). The number of ether oxygens (including phenoxy) is 1. The van der Waals surface area contributed by atoms with E-state index in [0.717, 1.165) is 17.7 Å². The summed E-state index contributed by atoms with van der Waals surface area (Å²) in [6, 6.07) is 15.3. The van der Waals surface area contributed by atoms with Gasteiger partial charge in [0.15, 0.2) is 0 Å². The van der Waals surface area contributed by atoms with Crippen LogP contribution < -0.4 is 15.8 Å². The number of hydrogen-bond acceptors (Lipinski definition) is 3. The number of benzene rings is 2. The molecule has 22 heavy (non-hydrogen) atoms. The van der Waals surface area contributed by atoms with Gasteiger partial charge in [-0.2, -0.15) is 0 Å². The van der Waals surface area contributed by atoms with Gasteiger partial charge in [-0.15, -0.1) is 0 Å². The maximum absolute atomic E-state index is 11.9. The van der Waals surface area contributed by atoms with Gasteiger partial charge in [-0.1, -0.05) is 29.8 Å². The molecule has 0 spiro atoms. The largest absolute Gasteiger partial charge is 0.494 e. The smallest absolute Gasteiger partial charge is 0.251 e. The zero-order chi connectivity index (χ0) is 15.8. The molecule has 116 valence electrons. The van der Waals surface area contributed by atoms with Crippen molar-refractivity contribution in [2.75, 3.05) is 13.2 Å². The molecule has 0 heterocycles. The molecule has 2 aromatic carbocycles. The van der Waals surface area contributed by atoms with E-state index in [1.807, 2.05) is 43.3 Å². The summed E-state index contributed by atoms with van der Waals surface area (Å²) in [5.74, 6) is 0.785. The van der Waals surface area contributed by atoms with Crippen molar-refractivity contribution < 1.29 is 9.53 Å². The first-order chi connectivity index (χ1) is 10.7. The van der Waals surface area contributed by atoms with Crippen LogP contribution in [0.4, 0.5) is 0 Å². The number of aryl methyl sites for hydroxylation is 1. The van der Waals surface area contributed by atoms with Gasteiger partial charge in [-0.3, -0.25) is 4.79 Å². The number of rotatable bonds is 7. The topological polar surface area (TPSA) is 64.3 Å². The minimum absolute atomic E-state index is 0.0705. The molecule has 0 radical (unpaired) electrons. The van der Waals surface area contributed by atoms with E-state index in [9.17, 15) is 4.79 Å². The van der Waals surface area contributed by atoms with Crippen LogP contribution in [0.5, 0.6) is 5.75 Å². The molecule has 0 saturated heterocycles. The van der Waals surface area contributed by atoms with E-state index in [-0.39, 0.29) is 5.91 Å². The third-order valence-electron chi connectivity index (χ3n) is 3.35. The molecule has 3 N–H and O–H groups in total. The molecule has 0 fully saturated rings. The minimum Gasteiger partial charge on any atom is -0.494 e. The molecule has 2 aromatic rings. The van der Waals surface area contributed by atoms with Gasteiger partial charge in [0.1, 0.15) is 5.75 Å². The van der Waals surface area contributed by atoms with Crippen LogP contribution >= 0.6 is 0 Å². The van der Waals surface area contributed by atoms with Gasteiger partial charge in [0.05, 0.1) is 6.61 Å². The average molecular weight is 298 g/mol. The van der Waals surface area contributed by atoms with E-state index in [1.54, 1.807) is 12.1 Å². The van der Waals surface area contributed by atoms with Crippen molar-refractivity contribution in [3.05, 3.63) is 65.2 Å². The summed E-state index contributed by atoms with van der Waals surface area (Å²) in [6.07, 6.45) is 0.764. The first kappa shape index (κ1) is 16.0. The molecule has 0 aliphatic heterocycles. The molecular weight excluding hydrogens is 276 g/mol. The summed E-state index contributed by atoms with van der Waals surface area (Å²) in [6.45, 7) is 3.69. The molecule has 0 atom stereocenters. The van der Waals surface area contributed by atoms with Crippen molar-refractivity contribution in [1.29, 1.82) is 0 Å². The van der Waals surface area contributed by atoms with Crippen molar-refractivity contribution >= 4 is 5.91 Å². The Morgan fingerprint density at radius 1 is 1.09 bits per heavy atom. The molecular formula is C18H22N2O2. The molecule has 0 aliphatic rings. The maximum atomic E-state index is 11.9. The Kier molecular flexibility index (Phi) is 5.98. The molecule has 4 heteroatoms. The van der Waals surface area contributed by atoms with Gasteiger partial charge in [0.25, 0.3) is 5.91 Å². The monoisotopic (exact) mass is 298 g/mol. The Balaban J connectivity index is 1.67. The second kappa shape index (κ2) is 8.20. The van der Waals surface area contributed by atoms with Crippen LogP contribution in [-0.2, 0) is 6.54 Å².